The molecule has 0 aliphatic carbocycles. The topological polar surface area (TPSA) is 29.9 Å². The number of anilines is 1. The van der Waals surface area contributed by atoms with Crippen LogP contribution in [-0.4, -0.2) is 9.78 Å². The maximum Gasteiger partial charge on any atom is 0.0645 e. The van der Waals surface area contributed by atoms with Crippen LogP contribution >= 0.6 is 31.9 Å². The van der Waals surface area contributed by atoms with Crippen molar-refractivity contribution >= 4 is 37.5 Å². The summed E-state index contributed by atoms with van der Waals surface area (Å²) in [7, 11) is 0. The maximum absolute atomic E-state index is 4.22. The number of hydrogen-bond acceptors (Lipinski definition) is 2. The molecular formula is C16H13Br2N3. The van der Waals surface area contributed by atoms with E-state index in [0.29, 0.717) is 0 Å². The summed E-state index contributed by atoms with van der Waals surface area (Å²) in [6, 6.07) is 16.4. The van der Waals surface area contributed by atoms with Gasteiger partial charge in [0.05, 0.1) is 5.69 Å². The van der Waals surface area contributed by atoms with Crippen molar-refractivity contribution in [1.82, 2.24) is 9.78 Å². The van der Waals surface area contributed by atoms with Crippen molar-refractivity contribution in [1.29, 1.82) is 0 Å². The molecule has 0 atom stereocenters. The lowest BCUT2D eigenvalue weighted by molar-refractivity contribution is 0.879. The van der Waals surface area contributed by atoms with E-state index >= 15 is 0 Å². The Kier molecular flexibility index (Phi) is 4.41. The summed E-state index contributed by atoms with van der Waals surface area (Å²) >= 11 is 7.01. The minimum atomic E-state index is 0.777. The number of benzene rings is 2. The minimum absolute atomic E-state index is 0.777. The lowest BCUT2D eigenvalue weighted by Gasteiger charge is -2.09. The van der Waals surface area contributed by atoms with E-state index in [-0.39, 0.29) is 0 Å². The molecule has 0 fully saturated rings. The van der Waals surface area contributed by atoms with Crippen LogP contribution in [0.2, 0.25) is 0 Å². The van der Waals surface area contributed by atoms with Crippen molar-refractivity contribution in [3.63, 3.8) is 0 Å². The first-order valence-corrected chi connectivity index (χ1v) is 8.09. The van der Waals surface area contributed by atoms with Gasteiger partial charge in [0.15, 0.2) is 0 Å². The first-order chi connectivity index (χ1) is 10.2. The molecule has 1 N–H and O–H groups in total. The van der Waals surface area contributed by atoms with Gasteiger partial charge in [-0.3, -0.25) is 0 Å². The average Bonchev–Trinajstić information content (AvgIpc) is 3.01. The van der Waals surface area contributed by atoms with Crippen molar-refractivity contribution in [2.24, 2.45) is 0 Å². The zero-order chi connectivity index (χ0) is 14.7. The van der Waals surface area contributed by atoms with Gasteiger partial charge in [-0.15, -0.1) is 0 Å². The van der Waals surface area contributed by atoms with E-state index in [1.165, 1.54) is 5.56 Å². The third-order valence-corrected chi connectivity index (χ3v) is 4.27. The Balaban J connectivity index is 1.68. The van der Waals surface area contributed by atoms with E-state index in [2.05, 4.69) is 66.5 Å². The summed E-state index contributed by atoms with van der Waals surface area (Å²) in [6.07, 6.45) is 3.72. The first kappa shape index (κ1) is 14.4. The zero-order valence-electron chi connectivity index (χ0n) is 11.1. The molecule has 3 nitrogen and oxygen atoms in total. The molecule has 2 aromatic carbocycles. The standard InChI is InChI=1S/C16H13Br2N3/c17-13-4-7-16(15(18)10-13)19-11-12-2-5-14(6-3-12)21-9-1-8-20-21/h1-10,19H,11H2. The monoisotopic (exact) mass is 405 g/mol. The van der Waals surface area contributed by atoms with Crippen molar-refractivity contribution in [2.75, 3.05) is 5.32 Å². The van der Waals surface area contributed by atoms with Crippen molar-refractivity contribution in [2.45, 2.75) is 6.54 Å². The minimum Gasteiger partial charge on any atom is -0.380 e. The Hall–Kier alpha value is -1.59. The van der Waals surface area contributed by atoms with Crippen LogP contribution < -0.4 is 5.32 Å². The number of rotatable bonds is 4. The fourth-order valence-electron chi connectivity index (χ4n) is 2.02. The van der Waals surface area contributed by atoms with Crippen LogP contribution in [0.3, 0.4) is 0 Å². The normalized spacial score (nSPS) is 10.6. The van der Waals surface area contributed by atoms with E-state index < -0.39 is 0 Å². The summed E-state index contributed by atoms with van der Waals surface area (Å²) in [5.41, 5.74) is 3.36. The fraction of sp³-hybridized carbons (Fsp3) is 0.0625. The molecule has 1 heterocycles. The molecule has 3 aromatic rings. The molecule has 0 aliphatic rings. The van der Waals surface area contributed by atoms with Crippen LogP contribution in [0.5, 0.6) is 0 Å². The largest absolute Gasteiger partial charge is 0.380 e. The number of nitrogens with zero attached hydrogens (tertiary/aromatic N) is 2. The maximum atomic E-state index is 4.22. The summed E-state index contributed by atoms with van der Waals surface area (Å²) in [6.45, 7) is 0.777. The second kappa shape index (κ2) is 6.45. The summed E-state index contributed by atoms with van der Waals surface area (Å²) in [4.78, 5) is 0. The molecule has 3 rings (SSSR count). The highest BCUT2D eigenvalue weighted by atomic mass is 79.9. The molecule has 0 radical (unpaired) electrons. The Labute approximate surface area is 140 Å². The van der Waals surface area contributed by atoms with Crippen LogP contribution in [0, 0.1) is 0 Å². The summed E-state index contributed by atoms with van der Waals surface area (Å²) < 4.78 is 3.95. The molecule has 0 aliphatic heterocycles. The number of aromatic nitrogens is 2. The molecule has 0 spiro atoms. The van der Waals surface area contributed by atoms with Crippen molar-refractivity contribution < 1.29 is 0 Å². The van der Waals surface area contributed by atoms with Gasteiger partial charge < -0.3 is 5.32 Å². The SMILES string of the molecule is Brc1ccc(NCc2ccc(-n3cccn3)cc2)c(Br)c1. The smallest absolute Gasteiger partial charge is 0.0645 e. The molecule has 0 amide bonds. The van der Waals surface area contributed by atoms with E-state index in [0.717, 1.165) is 26.9 Å². The lowest BCUT2D eigenvalue weighted by atomic mass is 10.2. The van der Waals surface area contributed by atoms with E-state index in [4.69, 9.17) is 0 Å². The van der Waals surface area contributed by atoms with Gasteiger partial charge in [0, 0.05) is 33.6 Å². The molecule has 0 bridgehead atoms. The van der Waals surface area contributed by atoms with Crippen molar-refractivity contribution in [3.05, 3.63) is 75.4 Å². The molecular weight excluding hydrogens is 394 g/mol. The Morgan fingerprint density at radius 3 is 2.52 bits per heavy atom. The number of hydrogen-bond donors (Lipinski definition) is 1. The molecule has 5 heteroatoms. The zero-order valence-corrected chi connectivity index (χ0v) is 14.3. The van der Waals surface area contributed by atoms with Gasteiger partial charge >= 0.3 is 0 Å². The van der Waals surface area contributed by atoms with Gasteiger partial charge in [-0.25, -0.2) is 4.68 Å². The Bertz CT molecular complexity index is 722. The van der Waals surface area contributed by atoms with Gasteiger partial charge in [0.25, 0.3) is 0 Å². The van der Waals surface area contributed by atoms with Gasteiger partial charge in [-0.1, -0.05) is 28.1 Å². The van der Waals surface area contributed by atoms with Crippen LogP contribution in [0.15, 0.2) is 69.9 Å². The highest BCUT2D eigenvalue weighted by Gasteiger charge is 2.01. The second-order valence-electron chi connectivity index (χ2n) is 4.59. The molecule has 1 aromatic heterocycles. The highest BCUT2D eigenvalue weighted by Crippen LogP contribution is 2.26. The fourth-order valence-corrected chi connectivity index (χ4v) is 3.21. The third kappa shape index (κ3) is 3.54. The third-order valence-electron chi connectivity index (χ3n) is 3.12. The van der Waals surface area contributed by atoms with Gasteiger partial charge in [-0.2, -0.15) is 5.10 Å². The molecule has 0 unspecified atom stereocenters. The molecule has 0 saturated heterocycles. The van der Waals surface area contributed by atoms with Crippen LogP contribution in [-0.2, 0) is 6.54 Å². The van der Waals surface area contributed by atoms with E-state index in [1.807, 2.05) is 35.1 Å². The van der Waals surface area contributed by atoms with Gasteiger partial charge in [0.2, 0.25) is 0 Å². The predicted molar refractivity (Wildman–Crippen MR) is 92.7 cm³/mol. The average molecular weight is 407 g/mol. The quantitative estimate of drug-likeness (QED) is 0.659. The van der Waals surface area contributed by atoms with Crippen molar-refractivity contribution in [3.8, 4) is 5.69 Å². The first-order valence-electron chi connectivity index (χ1n) is 6.50. The van der Waals surface area contributed by atoms with Gasteiger partial charge in [0.1, 0.15) is 0 Å². The molecule has 106 valence electrons. The predicted octanol–water partition coefficient (Wildman–Crippen LogP) is 5.01. The number of halogens is 2. The van der Waals surface area contributed by atoms with Crippen LogP contribution in [0.1, 0.15) is 5.56 Å². The summed E-state index contributed by atoms with van der Waals surface area (Å²) in [5, 5.41) is 7.64. The van der Waals surface area contributed by atoms with Crippen LogP contribution in [0.4, 0.5) is 5.69 Å². The second-order valence-corrected chi connectivity index (χ2v) is 6.36. The summed E-state index contributed by atoms with van der Waals surface area (Å²) in [5.74, 6) is 0. The highest BCUT2D eigenvalue weighted by molar-refractivity contribution is 9.11. The van der Waals surface area contributed by atoms with E-state index in [9.17, 15) is 0 Å². The molecule has 21 heavy (non-hydrogen) atoms. The lowest BCUT2D eigenvalue weighted by Crippen LogP contribution is -2.01. The van der Waals surface area contributed by atoms with E-state index in [1.54, 1.807) is 6.20 Å². The Morgan fingerprint density at radius 1 is 1.05 bits per heavy atom. The Morgan fingerprint density at radius 2 is 1.86 bits per heavy atom. The number of nitrogens with one attached hydrogen (secondary N) is 1. The van der Waals surface area contributed by atoms with Gasteiger partial charge in [-0.05, 0) is 57.9 Å². The molecule has 0 saturated carbocycles. The van der Waals surface area contributed by atoms with Crippen LogP contribution in [0.25, 0.3) is 5.69 Å².